The third kappa shape index (κ3) is 5.75. The van der Waals surface area contributed by atoms with E-state index in [1.165, 1.54) is 4.79 Å². The van der Waals surface area contributed by atoms with Crippen LogP contribution in [0.3, 0.4) is 0 Å². The van der Waals surface area contributed by atoms with Gasteiger partial charge in [-0.1, -0.05) is 56.8 Å². The number of benzene rings is 2. The van der Waals surface area contributed by atoms with E-state index in [0.29, 0.717) is 18.0 Å². The monoisotopic (exact) mass is 536 g/mol. The Labute approximate surface area is 234 Å². The van der Waals surface area contributed by atoms with Crippen LogP contribution in [0.2, 0.25) is 0 Å². The van der Waals surface area contributed by atoms with Crippen molar-refractivity contribution in [3.63, 3.8) is 0 Å². The van der Waals surface area contributed by atoms with Gasteiger partial charge < -0.3 is 21.8 Å². The Balaban J connectivity index is 1.36. The summed E-state index contributed by atoms with van der Waals surface area (Å²) < 4.78 is 1.61. The maximum absolute atomic E-state index is 6.27. The lowest BCUT2D eigenvalue weighted by Gasteiger charge is -2.18. The van der Waals surface area contributed by atoms with Crippen molar-refractivity contribution >= 4 is 28.9 Å². The van der Waals surface area contributed by atoms with Crippen molar-refractivity contribution in [2.75, 3.05) is 34.9 Å². The van der Waals surface area contributed by atoms with Crippen LogP contribution in [0.4, 0.5) is 17.2 Å². The minimum atomic E-state index is 0.0927. The van der Waals surface area contributed by atoms with Gasteiger partial charge >= 0.3 is 0 Å². The molecule has 40 heavy (non-hydrogen) atoms. The number of nitrogens with one attached hydrogen (secondary N) is 3. The first-order chi connectivity index (χ1) is 19.3. The number of fused-ring (bicyclic) bond motifs is 1. The summed E-state index contributed by atoms with van der Waals surface area (Å²) in [4.78, 5) is 6.22. The van der Waals surface area contributed by atoms with Crippen molar-refractivity contribution in [2.45, 2.75) is 33.6 Å². The Hall–Kier alpha value is -4.86. The number of para-hydroxylation sites is 2. The third-order valence-electron chi connectivity index (χ3n) is 6.99. The molecule has 206 valence electrons. The molecule has 0 aliphatic rings. The lowest BCUT2D eigenvalue weighted by Crippen LogP contribution is -2.21. The van der Waals surface area contributed by atoms with Gasteiger partial charge in [-0.2, -0.15) is 15.0 Å². The number of nitrogens with two attached hydrogens (primary N) is 1. The molecular weight excluding hydrogens is 500 g/mol. The van der Waals surface area contributed by atoms with E-state index in [1.54, 1.807) is 4.63 Å². The van der Waals surface area contributed by atoms with Gasteiger partial charge in [-0.05, 0) is 44.2 Å². The Morgan fingerprint density at radius 3 is 2.17 bits per heavy atom. The zero-order valence-corrected chi connectivity index (χ0v) is 23.4. The highest BCUT2D eigenvalue weighted by molar-refractivity contribution is 5.70. The van der Waals surface area contributed by atoms with Gasteiger partial charge in [-0.25, -0.2) is 4.98 Å². The summed E-state index contributed by atoms with van der Waals surface area (Å²) in [5, 5.41) is 24.9. The minimum absolute atomic E-state index is 0.0927. The second-order valence-corrected chi connectivity index (χ2v) is 10.2. The molecule has 3 aromatic heterocycles. The average molecular weight is 537 g/mol. The zero-order valence-electron chi connectivity index (χ0n) is 23.4. The van der Waals surface area contributed by atoms with Gasteiger partial charge in [-0.3, -0.25) is 0 Å². The van der Waals surface area contributed by atoms with Crippen molar-refractivity contribution in [3.8, 4) is 0 Å². The molecular formula is C30H36N10. The molecule has 0 saturated heterocycles. The molecule has 5 rings (SSSR count). The van der Waals surface area contributed by atoms with E-state index in [4.69, 9.17) is 10.8 Å². The van der Waals surface area contributed by atoms with Gasteiger partial charge in [-0.15, -0.1) is 9.73 Å². The number of nitrogen functional groups attached to an aromatic ring is 1. The van der Waals surface area contributed by atoms with Gasteiger partial charge in [0, 0.05) is 52.8 Å². The van der Waals surface area contributed by atoms with E-state index in [1.807, 2.05) is 80.6 Å². The van der Waals surface area contributed by atoms with E-state index in [0.717, 1.165) is 51.6 Å². The molecule has 10 heteroatoms. The van der Waals surface area contributed by atoms with E-state index < -0.39 is 0 Å². The number of rotatable bonds is 11. The number of anilines is 3. The fourth-order valence-electron chi connectivity index (χ4n) is 4.44. The van der Waals surface area contributed by atoms with Crippen LogP contribution >= 0.6 is 0 Å². The smallest absolute Gasteiger partial charge is 0.185 e. The van der Waals surface area contributed by atoms with E-state index in [-0.39, 0.29) is 11.8 Å². The molecule has 5 N–H and O–H groups in total. The molecule has 0 radical (unpaired) electrons. The fraction of sp³-hybridized carbons (Fsp3) is 0.267. The first-order valence-electron chi connectivity index (χ1n) is 13.4. The van der Waals surface area contributed by atoms with Crippen molar-refractivity contribution < 1.29 is 0 Å². The van der Waals surface area contributed by atoms with Crippen molar-refractivity contribution in [3.05, 3.63) is 101 Å². The maximum Gasteiger partial charge on any atom is 0.185 e. The molecule has 0 amide bonds. The first-order valence-corrected chi connectivity index (χ1v) is 13.4. The third-order valence-corrected chi connectivity index (χ3v) is 6.99. The number of hydrogen-bond donors (Lipinski definition) is 4. The second kappa shape index (κ2) is 11.5. The van der Waals surface area contributed by atoms with E-state index >= 15 is 0 Å². The van der Waals surface area contributed by atoms with Crippen LogP contribution < -0.4 is 27.0 Å². The molecule has 2 atom stereocenters. The first kappa shape index (κ1) is 26.7. The Kier molecular flexibility index (Phi) is 7.68. The number of nitrogens with zero attached hydrogens (tertiary/aromatic N) is 6. The molecule has 10 nitrogen and oxygen atoms in total. The molecule has 2 unspecified atom stereocenters. The average Bonchev–Trinajstić information content (AvgIpc) is 3.58. The highest BCUT2D eigenvalue weighted by Crippen LogP contribution is 2.23. The van der Waals surface area contributed by atoms with Crippen molar-refractivity contribution in [2.24, 2.45) is 5.92 Å². The quantitative estimate of drug-likeness (QED) is 0.186. The lowest BCUT2D eigenvalue weighted by atomic mass is 10.1. The maximum atomic E-state index is 6.27. The van der Waals surface area contributed by atoms with Gasteiger partial charge in [0.15, 0.2) is 17.3 Å². The summed E-state index contributed by atoms with van der Waals surface area (Å²) in [6.07, 6.45) is 2.03. The van der Waals surface area contributed by atoms with Gasteiger partial charge in [0.1, 0.15) is 0 Å². The summed E-state index contributed by atoms with van der Waals surface area (Å²) in [5.41, 5.74) is 6.13. The molecule has 0 fully saturated rings. The standard InChI is InChI=1S/C30H36N10/c1-19(17-32-24-12-8-6-9-13-24)21(3)34-29-26(22(4)36-39(29)31)16-27-23(5)37-40-30(27)35-28(38-40)20(2)18-33-25-14-10-7-11-15-25/h6-16,19-20,32-34H,3,17-18,31H2,1-2,4-5H3/b27-16-. The predicted octanol–water partition coefficient (Wildman–Crippen LogP) is 4.09. The van der Waals surface area contributed by atoms with Crippen LogP contribution in [0.5, 0.6) is 0 Å². The van der Waals surface area contributed by atoms with Crippen molar-refractivity contribution in [1.82, 2.24) is 29.7 Å². The van der Waals surface area contributed by atoms with Crippen LogP contribution in [0.15, 0.2) is 72.9 Å². The molecule has 0 aliphatic carbocycles. The van der Waals surface area contributed by atoms with Crippen LogP contribution in [-0.2, 0) is 0 Å². The molecule has 0 aliphatic heterocycles. The summed E-state index contributed by atoms with van der Waals surface area (Å²) in [6, 6.07) is 20.2. The fourth-order valence-corrected chi connectivity index (χ4v) is 4.44. The highest BCUT2D eigenvalue weighted by Gasteiger charge is 2.19. The molecule has 0 bridgehead atoms. The number of aryl methyl sites for hydroxylation is 2. The van der Waals surface area contributed by atoms with Crippen LogP contribution in [0.25, 0.3) is 11.7 Å². The molecule has 0 saturated carbocycles. The minimum Gasteiger partial charge on any atom is -0.384 e. The van der Waals surface area contributed by atoms with E-state index in [2.05, 4.69) is 51.7 Å². The Morgan fingerprint density at radius 2 is 1.52 bits per heavy atom. The second-order valence-electron chi connectivity index (χ2n) is 10.2. The zero-order chi connectivity index (χ0) is 28.2. The SMILES string of the molecule is C=C(Nc1c(/C=c2/c(C)nn3nc(C(C)CNc4ccccc4)nc23)c(C)nn1N)C(C)CNc1ccccc1. The summed E-state index contributed by atoms with van der Waals surface area (Å²) in [7, 11) is 0. The van der Waals surface area contributed by atoms with Gasteiger partial charge in [0.05, 0.1) is 11.4 Å². The lowest BCUT2D eigenvalue weighted by molar-refractivity contribution is 0.702. The van der Waals surface area contributed by atoms with Crippen molar-refractivity contribution in [1.29, 1.82) is 0 Å². The summed E-state index contributed by atoms with van der Waals surface area (Å²) >= 11 is 0. The summed E-state index contributed by atoms with van der Waals surface area (Å²) in [5.74, 6) is 7.89. The molecule has 0 spiro atoms. The van der Waals surface area contributed by atoms with Gasteiger partial charge in [0.25, 0.3) is 0 Å². The largest absolute Gasteiger partial charge is 0.384 e. The topological polar surface area (TPSA) is 123 Å². The number of aromatic nitrogens is 6. The molecule has 2 aromatic carbocycles. The Bertz CT molecular complexity index is 1650. The highest BCUT2D eigenvalue weighted by atomic mass is 15.5. The number of hydrogen-bond acceptors (Lipinski definition) is 8. The van der Waals surface area contributed by atoms with Crippen LogP contribution in [-0.4, -0.2) is 42.8 Å². The van der Waals surface area contributed by atoms with Gasteiger partial charge in [0.2, 0.25) is 0 Å². The normalized spacial score (nSPS) is 13.3. The van der Waals surface area contributed by atoms with E-state index in [9.17, 15) is 0 Å². The molecule has 5 aromatic rings. The predicted molar refractivity (Wildman–Crippen MR) is 162 cm³/mol. The molecule has 3 heterocycles. The summed E-state index contributed by atoms with van der Waals surface area (Å²) in [6.45, 7) is 13.8. The van der Waals surface area contributed by atoms with Crippen LogP contribution in [0.1, 0.15) is 42.5 Å². The van der Waals surface area contributed by atoms with Crippen LogP contribution in [0, 0.1) is 19.8 Å². The Morgan fingerprint density at radius 1 is 0.900 bits per heavy atom.